The van der Waals surface area contributed by atoms with Crippen LogP contribution in [0.1, 0.15) is 43.2 Å². The van der Waals surface area contributed by atoms with Crippen LogP contribution in [0.15, 0.2) is 42.5 Å². The van der Waals surface area contributed by atoms with Gasteiger partial charge >= 0.3 is 11.9 Å². The Balaban J connectivity index is 0.000000481. The van der Waals surface area contributed by atoms with Crippen LogP contribution in [0.5, 0.6) is 11.5 Å². The first-order valence-corrected chi connectivity index (χ1v) is 11.5. The maximum Gasteiger partial charge on any atom is 0.414 e. The first-order chi connectivity index (χ1) is 16.3. The number of carboxylic acid groups (broad SMARTS) is 2. The molecule has 0 aromatic heterocycles. The lowest BCUT2D eigenvalue weighted by atomic mass is 9.69. The molecule has 1 aliphatic carbocycles. The van der Waals surface area contributed by atoms with E-state index in [4.69, 9.17) is 40.9 Å². The molecule has 0 spiro atoms. The molecular formula is C25H27ClN2O6. The second-order valence-electron chi connectivity index (χ2n) is 8.28. The molecule has 1 saturated carbocycles. The van der Waals surface area contributed by atoms with Gasteiger partial charge in [0.25, 0.3) is 0 Å². The number of hydrogen-bond donors (Lipinski definition) is 3. The molecule has 0 bridgehead atoms. The third kappa shape index (κ3) is 6.40. The van der Waals surface area contributed by atoms with Crippen LogP contribution in [0, 0.1) is 11.3 Å². The van der Waals surface area contributed by atoms with Gasteiger partial charge in [-0.2, -0.15) is 5.26 Å². The Kier molecular flexibility index (Phi) is 8.74. The molecule has 0 saturated heterocycles. The molecule has 1 aliphatic heterocycles. The fourth-order valence-corrected chi connectivity index (χ4v) is 4.47. The van der Waals surface area contributed by atoms with Crippen LogP contribution in [0.4, 0.5) is 0 Å². The van der Waals surface area contributed by atoms with Crippen molar-refractivity contribution in [3.8, 4) is 17.6 Å². The summed E-state index contributed by atoms with van der Waals surface area (Å²) < 4.78 is 11.5. The lowest BCUT2D eigenvalue weighted by Gasteiger charge is -2.35. The zero-order valence-corrected chi connectivity index (χ0v) is 19.4. The van der Waals surface area contributed by atoms with Crippen molar-refractivity contribution < 1.29 is 29.3 Å². The lowest BCUT2D eigenvalue weighted by Crippen LogP contribution is -2.38. The molecule has 1 fully saturated rings. The minimum atomic E-state index is -1.82. The summed E-state index contributed by atoms with van der Waals surface area (Å²) in [6.45, 7) is 2.01. The van der Waals surface area contributed by atoms with Crippen molar-refractivity contribution in [1.82, 2.24) is 5.32 Å². The predicted octanol–water partition coefficient (Wildman–Crippen LogP) is 4.15. The van der Waals surface area contributed by atoms with Crippen LogP contribution in [-0.4, -0.2) is 41.4 Å². The van der Waals surface area contributed by atoms with E-state index in [0.29, 0.717) is 30.0 Å². The van der Waals surface area contributed by atoms with Gasteiger partial charge in [-0.3, -0.25) is 0 Å². The normalized spacial score (nSPS) is 21.2. The number of hydrogen-bond acceptors (Lipinski definition) is 6. The Morgan fingerprint density at radius 1 is 1.09 bits per heavy atom. The van der Waals surface area contributed by atoms with Crippen molar-refractivity contribution in [3.63, 3.8) is 0 Å². The number of carbonyl (C=O) groups is 2. The van der Waals surface area contributed by atoms with E-state index in [1.807, 2.05) is 30.3 Å². The third-order valence-electron chi connectivity index (χ3n) is 6.02. The molecule has 2 aliphatic rings. The molecule has 34 heavy (non-hydrogen) atoms. The molecule has 8 nitrogen and oxygen atoms in total. The minimum absolute atomic E-state index is 0.349. The maximum absolute atomic E-state index is 9.84. The van der Waals surface area contributed by atoms with Crippen LogP contribution < -0.4 is 14.8 Å². The number of nitrogens with zero attached hydrogens (tertiary/aromatic N) is 1. The van der Waals surface area contributed by atoms with Gasteiger partial charge in [0.05, 0.1) is 29.7 Å². The van der Waals surface area contributed by atoms with E-state index in [2.05, 4.69) is 23.5 Å². The number of aliphatic carboxylic acids is 2. The topological polar surface area (TPSA) is 129 Å². The standard InChI is InChI=1S/C23H25ClN2O2.C2H2O4/c24-20-13-17(14-21-22(20)28-12-4-11-27-21)15-26-19-7-9-23(16-25,10-8-19)18-5-2-1-3-6-18;3-1(4)2(5)6/h1-3,5-6,13-14,19,26H,4,7-12,15H2;(H,3,4)(H,5,6). The zero-order valence-electron chi connectivity index (χ0n) is 18.6. The Labute approximate surface area is 203 Å². The minimum Gasteiger partial charge on any atom is -0.489 e. The monoisotopic (exact) mass is 486 g/mol. The fraction of sp³-hybridized carbons (Fsp3) is 0.400. The maximum atomic E-state index is 9.84. The summed E-state index contributed by atoms with van der Waals surface area (Å²) in [5, 5.41) is 28.9. The van der Waals surface area contributed by atoms with Crippen LogP contribution in [0.25, 0.3) is 0 Å². The van der Waals surface area contributed by atoms with E-state index in [9.17, 15) is 5.26 Å². The van der Waals surface area contributed by atoms with Gasteiger partial charge in [-0.1, -0.05) is 41.9 Å². The molecular weight excluding hydrogens is 460 g/mol. The summed E-state index contributed by atoms with van der Waals surface area (Å²) >= 11 is 6.40. The van der Waals surface area contributed by atoms with Gasteiger partial charge in [-0.25, -0.2) is 9.59 Å². The summed E-state index contributed by atoms with van der Waals surface area (Å²) in [7, 11) is 0. The third-order valence-corrected chi connectivity index (χ3v) is 6.30. The highest BCUT2D eigenvalue weighted by atomic mass is 35.5. The van der Waals surface area contributed by atoms with Crippen molar-refractivity contribution >= 4 is 23.5 Å². The molecule has 2 aromatic carbocycles. The predicted molar refractivity (Wildman–Crippen MR) is 125 cm³/mol. The Hall–Kier alpha value is -3.28. The van der Waals surface area contributed by atoms with Gasteiger partial charge in [0.2, 0.25) is 0 Å². The zero-order chi connectivity index (χ0) is 24.6. The van der Waals surface area contributed by atoms with E-state index < -0.39 is 11.9 Å². The number of ether oxygens (including phenoxy) is 2. The van der Waals surface area contributed by atoms with Crippen molar-refractivity contribution in [2.75, 3.05) is 13.2 Å². The van der Waals surface area contributed by atoms with Gasteiger partial charge < -0.3 is 25.0 Å². The quantitative estimate of drug-likeness (QED) is 0.549. The average molecular weight is 487 g/mol. The first kappa shape index (κ1) is 25.3. The highest BCUT2D eigenvalue weighted by molar-refractivity contribution is 6.32. The van der Waals surface area contributed by atoms with Crippen LogP contribution in [-0.2, 0) is 21.5 Å². The molecule has 3 N–H and O–H groups in total. The number of carboxylic acids is 2. The number of rotatable bonds is 4. The number of nitriles is 1. The van der Waals surface area contributed by atoms with Crippen LogP contribution in [0.3, 0.4) is 0 Å². The number of fused-ring (bicyclic) bond motifs is 1. The highest BCUT2D eigenvalue weighted by Gasteiger charge is 2.36. The summed E-state index contributed by atoms with van der Waals surface area (Å²) in [6, 6.07) is 17.2. The van der Waals surface area contributed by atoms with Gasteiger partial charge in [-0.15, -0.1) is 0 Å². The molecule has 0 radical (unpaired) electrons. The van der Waals surface area contributed by atoms with Gasteiger partial charge in [0.1, 0.15) is 0 Å². The van der Waals surface area contributed by atoms with Crippen molar-refractivity contribution in [2.45, 2.75) is 50.1 Å². The molecule has 4 rings (SSSR count). The number of halogens is 1. The molecule has 0 unspecified atom stereocenters. The molecule has 9 heteroatoms. The van der Waals surface area contributed by atoms with E-state index >= 15 is 0 Å². The average Bonchev–Trinajstić information content (AvgIpc) is 3.10. The second kappa shape index (κ2) is 11.7. The van der Waals surface area contributed by atoms with Gasteiger partial charge in [-0.05, 0) is 48.9 Å². The summed E-state index contributed by atoms with van der Waals surface area (Å²) in [6.07, 6.45) is 4.60. The molecule has 180 valence electrons. The van der Waals surface area contributed by atoms with Gasteiger partial charge in [0.15, 0.2) is 11.5 Å². The van der Waals surface area contributed by atoms with Crippen LogP contribution in [0.2, 0.25) is 5.02 Å². The molecule has 2 aromatic rings. The fourth-order valence-electron chi connectivity index (χ4n) is 4.19. The molecule has 0 atom stereocenters. The van der Waals surface area contributed by atoms with E-state index in [0.717, 1.165) is 55.5 Å². The Morgan fingerprint density at radius 2 is 1.74 bits per heavy atom. The number of nitrogens with one attached hydrogen (secondary N) is 1. The van der Waals surface area contributed by atoms with E-state index in [1.54, 1.807) is 0 Å². The van der Waals surface area contributed by atoms with Gasteiger partial charge in [0, 0.05) is 19.0 Å². The van der Waals surface area contributed by atoms with Crippen molar-refractivity contribution in [2.24, 2.45) is 0 Å². The molecule has 0 amide bonds. The smallest absolute Gasteiger partial charge is 0.414 e. The van der Waals surface area contributed by atoms with Crippen LogP contribution >= 0.6 is 11.6 Å². The van der Waals surface area contributed by atoms with Crippen molar-refractivity contribution in [3.05, 3.63) is 58.6 Å². The molecule has 1 heterocycles. The Morgan fingerprint density at radius 3 is 2.35 bits per heavy atom. The Bertz CT molecular complexity index is 1030. The number of benzene rings is 2. The first-order valence-electron chi connectivity index (χ1n) is 11.1. The second-order valence-corrected chi connectivity index (χ2v) is 8.69. The van der Waals surface area contributed by atoms with Crippen molar-refractivity contribution in [1.29, 1.82) is 5.26 Å². The van der Waals surface area contributed by atoms with E-state index in [1.165, 1.54) is 0 Å². The summed E-state index contributed by atoms with van der Waals surface area (Å²) in [5.74, 6) is -2.26. The largest absolute Gasteiger partial charge is 0.489 e. The summed E-state index contributed by atoms with van der Waals surface area (Å²) in [4.78, 5) is 18.2. The highest BCUT2D eigenvalue weighted by Crippen LogP contribution is 2.40. The SMILES string of the molecule is N#CC1(c2ccccc2)CCC(NCc2cc(Cl)c3c(c2)OCCCO3)CC1.O=C(O)C(=O)O. The lowest BCUT2D eigenvalue weighted by molar-refractivity contribution is -0.159. The van der Waals surface area contributed by atoms with E-state index in [-0.39, 0.29) is 5.41 Å². The summed E-state index contributed by atoms with van der Waals surface area (Å²) in [5.41, 5.74) is 1.89.